The van der Waals surface area contributed by atoms with E-state index in [2.05, 4.69) is 6.92 Å². The first-order valence-electron chi connectivity index (χ1n) is 8.36. The first-order chi connectivity index (χ1) is 11.7. The van der Waals surface area contributed by atoms with Crippen LogP contribution < -0.4 is 9.47 Å². The lowest BCUT2D eigenvalue weighted by Gasteiger charge is -2.35. The van der Waals surface area contributed by atoms with Crippen molar-refractivity contribution < 1.29 is 23.8 Å². The zero-order valence-electron chi connectivity index (χ0n) is 14.3. The average molecular weight is 335 g/mol. The number of para-hydroxylation sites is 2. The molecule has 0 saturated carbocycles. The summed E-state index contributed by atoms with van der Waals surface area (Å²) in [5, 5.41) is 0. The summed E-state index contributed by atoms with van der Waals surface area (Å²) < 4.78 is 15.6. The van der Waals surface area contributed by atoms with E-state index in [1.807, 2.05) is 11.0 Å². The van der Waals surface area contributed by atoms with E-state index >= 15 is 0 Å². The normalized spacial score (nSPS) is 17.2. The van der Waals surface area contributed by atoms with E-state index in [-0.39, 0.29) is 25.2 Å². The molecule has 1 saturated heterocycles. The number of nitrogens with zero attached hydrogens (tertiary/aromatic N) is 1. The van der Waals surface area contributed by atoms with Gasteiger partial charge in [-0.1, -0.05) is 19.1 Å². The lowest BCUT2D eigenvalue weighted by Crippen LogP contribution is -2.45. The molecule has 0 radical (unpaired) electrons. The smallest absolute Gasteiger partial charge is 0.344 e. The van der Waals surface area contributed by atoms with Gasteiger partial charge in [0.15, 0.2) is 24.7 Å². The van der Waals surface area contributed by atoms with Gasteiger partial charge in [0.25, 0.3) is 5.91 Å². The molecule has 1 aliphatic heterocycles. The number of carbonyl (C=O) groups is 2. The number of hydrogen-bond donors (Lipinski definition) is 0. The minimum atomic E-state index is -0.570. The second-order valence-electron chi connectivity index (χ2n) is 5.75. The van der Waals surface area contributed by atoms with Gasteiger partial charge in [0.05, 0.1) is 7.11 Å². The number of rotatable bonds is 7. The predicted octanol–water partition coefficient (Wildman–Crippen LogP) is 2.41. The van der Waals surface area contributed by atoms with Gasteiger partial charge in [-0.05, 0) is 37.8 Å². The Morgan fingerprint density at radius 3 is 2.62 bits per heavy atom. The van der Waals surface area contributed by atoms with E-state index in [4.69, 9.17) is 14.2 Å². The third-order valence-electron chi connectivity index (χ3n) is 4.19. The van der Waals surface area contributed by atoms with Gasteiger partial charge < -0.3 is 19.1 Å². The fourth-order valence-corrected chi connectivity index (χ4v) is 2.89. The minimum absolute atomic E-state index is 0.132. The van der Waals surface area contributed by atoms with E-state index in [0.717, 1.165) is 32.2 Å². The molecular weight excluding hydrogens is 310 g/mol. The summed E-state index contributed by atoms with van der Waals surface area (Å²) in [5.41, 5.74) is 0. The molecule has 0 bridgehead atoms. The van der Waals surface area contributed by atoms with Crippen molar-refractivity contribution in [3.63, 3.8) is 0 Å². The number of hydrogen-bond acceptors (Lipinski definition) is 5. The number of benzene rings is 1. The van der Waals surface area contributed by atoms with E-state index in [9.17, 15) is 9.59 Å². The number of amides is 1. The Morgan fingerprint density at radius 1 is 1.17 bits per heavy atom. The molecule has 0 spiro atoms. The molecule has 6 nitrogen and oxygen atoms in total. The predicted molar refractivity (Wildman–Crippen MR) is 89.1 cm³/mol. The van der Waals surface area contributed by atoms with Crippen molar-refractivity contribution in [3.05, 3.63) is 24.3 Å². The maximum atomic E-state index is 12.2. The zero-order valence-corrected chi connectivity index (χ0v) is 14.3. The van der Waals surface area contributed by atoms with E-state index < -0.39 is 5.97 Å². The monoisotopic (exact) mass is 335 g/mol. The average Bonchev–Trinajstić information content (AvgIpc) is 2.64. The van der Waals surface area contributed by atoms with Crippen molar-refractivity contribution in [1.82, 2.24) is 4.90 Å². The number of esters is 1. The number of ether oxygens (including phenoxy) is 3. The first-order valence-corrected chi connectivity index (χ1v) is 8.36. The standard InChI is InChI=1S/C18H25NO5/c1-3-14-8-6-7-11-19(14)17(20)12-24-18(21)13-23-16-10-5-4-9-15(16)22-2/h4-5,9-10,14H,3,6-8,11-13H2,1-2H3. The lowest BCUT2D eigenvalue weighted by atomic mass is 10.00. The van der Waals surface area contributed by atoms with Crippen LogP contribution in [0.25, 0.3) is 0 Å². The highest BCUT2D eigenvalue weighted by Crippen LogP contribution is 2.25. The quantitative estimate of drug-likeness (QED) is 0.716. The fourth-order valence-electron chi connectivity index (χ4n) is 2.89. The maximum Gasteiger partial charge on any atom is 0.344 e. The highest BCUT2D eigenvalue weighted by Gasteiger charge is 2.25. The van der Waals surface area contributed by atoms with Gasteiger partial charge in [0.1, 0.15) is 0 Å². The Kier molecular flexibility index (Phi) is 6.90. The molecule has 1 aromatic carbocycles. The summed E-state index contributed by atoms with van der Waals surface area (Å²) in [5.74, 6) is 0.303. The van der Waals surface area contributed by atoms with Crippen LogP contribution in [0.5, 0.6) is 11.5 Å². The number of carbonyl (C=O) groups excluding carboxylic acids is 2. The summed E-state index contributed by atoms with van der Waals surface area (Å²) in [6, 6.07) is 7.30. The molecule has 0 aromatic heterocycles. The van der Waals surface area contributed by atoms with Gasteiger partial charge in [0.2, 0.25) is 0 Å². The van der Waals surface area contributed by atoms with Crippen molar-refractivity contribution in [2.45, 2.75) is 38.6 Å². The van der Waals surface area contributed by atoms with Crippen LogP contribution in [0, 0.1) is 0 Å². The molecular formula is C18H25NO5. The summed E-state index contributed by atoms with van der Waals surface area (Å²) in [6.45, 7) is 2.32. The zero-order chi connectivity index (χ0) is 17.4. The summed E-state index contributed by atoms with van der Waals surface area (Å²) in [7, 11) is 1.53. The Morgan fingerprint density at radius 2 is 1.92 bits per heavy atom. The molecule has 1 fully saturated rings. The van der Waals surface area contributed by atoms with Crippen LogP contribution in [0.1, 0.15) is 32.6 Å². The van der Waals surface area contributed by atoms with Crippen LogP contribution in [0.15, 0.2) is 24.3 Å². The summed E-state index contributed by atoms with van der Waals surface area (Å²) in [6.07, 6.45) is 4.10. The van der Waals surface area contributed by atoms with E-state index in [1.54, 1.807) is 18.2 Å². The van der Waals surface area contributed by atoms with Gasteiger partial charge in [-0.15, -0.1) is 0 Å². The van der Waals surface area contributed by atoms with Gasteiger partial charge in [-0.2, -0.15) is 0 Å². The SMILES string of the molecule is CCC1CCCCN1C(=O)COC(=O)COc1ccccc1OC. The van der Waals surface area contributed by atoms with Crippen LogP contribution in [0.2, 0.25) is 0 Å². The van der Waals surface area contributed by atoms with Gasteiger partial charge in [-0.3, -0.25) is 4.79 Å². The second kappa shape index (κ2) is 9.15. The fraction of sp³-hybridized carbons (Fsp3) is 0.556. The second-order valence-corrected chi connectivity index (χ2v) is 5.75. The molecule has 24 heavy (non-hydrogen) atoms. The van der Waals surface area contributed by atoms with Crippen molar-refractivity contribution >= 4 is 11.9 Å². The maximum absolute atomic E-state index is 12.2. The third kappa shape index (κ3) is 4.88. The molecule has 1 amide bonds. The summed E-state index contributed by atoms with van der Waals surface area (Å²) >= 11 is 0. The third-order valence-corrected chi connectivity index (χ3v) is 4.19. The first kappa shape index (κ1) is 18.1. The number of methoxy groups -OCH3 is 1. The molecule has 1 unspecified atom stereocenters. The number of likely N-dealkylation sites (tertiary alicyclic amines) is 1. The van der Waals surface area contributed by atoms with Gasteiger partial charge in [0, 0.05) is 12.6 Å². The Labute approximate surface area is 142 Å². The molecule has 1 aliphatic rings. The van der Waals surface area contributed by atoms with Crippen LogP contribution in [0.4, 0.5) is 0 Å². The lowest BCUT2D eigenvalue weighted by molar-refractivity contribution is -0.155. The van der Waals surface area contributed by atoms with Crippen molar-refractivity contribution in [2.24, 2.45) is 0 Å². The highest BCUT2D eigenvalue weighted by atomic mass is 16.6. The van der Waals surface area contributed by atoms with Crippen molar-refractivity contribution in [1.29, 1.82) is 0 Å². The Hall–Kier alpha value is -2.24. The number of piperidine rings is 1. The molecule has 6 heteroatoms. The largest absolute Gasteiger partial charge is 0.493 e. The molecule has 2 rings (SSSR count). The van der Waals surface area contributed by atoms with E-state index in [1.165, 1.54) is 7.11 Å². The Bertz CT molecular complexity index is 560. The van der Waals surface area contributed by atoms with E-state index in [0.29, 0.717) is 11.5 Å². The molecule has 0 N–H and O–H groups in total. The van der Waals surface area contributed by atoms with Crippen LogP contribution in [0.3, 0.4) is 0 Å². The molecule has 0 aliphatic carbocycles. The molecule has 1 heterocycles. The minimum Gasteiger partial charge on any atom is -0.493 e. The topological polar surface area (TPSA) is 65.1 Å². The molecule has 1 aromatic rings. The molecule has 132 valence electrons. The molecule has 1 atom stereocenters. The summed E-state index contributed by atoms with van der Waals surface area (Å²) in [4.78, 5) is 25.9. The van der Waals surface area contributed by atoms with Gasteiger partial charge in [-0.25, -0.2) is 4.79 Å². The van der Waals surface area contributed by atoms with Crippen LogP contribution in [-0.2, 0) is 14.3 Å². The van der Waals surface area contributed by atoms with Crippen molar-refractivity contribution in [2.75, 3.05) is 26.9 Å². The van der Waals surface area contributed by atoms with Gasteiger partial charge >= 0.3 is 5.97 Å². The van der Waals surface area contributed by atoms with Crippen LogP contribution in [-0.4, -0.2) is 49.7 Å². The van der Waals surface area contributed by atoms with Crippen molar-refractivity contribution in [3.8, 4) is 11.5 Å². The highest BCUT2D eigenvalue weighted by molar-refractivity contribution is 5.81. The van der Waals surface area contributed by atoms with Crippen LogP contribution >= 0.6 is 0 Å². The Balaban J connectivity index is 1.77.